The molecule has 1 aromatic carbocycles. The zero-order chi connectivity index (χ0) is 24.8. The second-order valence-electron chi connectivity index (χ2n) is 9.52. The van der Waals surface area contributed by atoms with Crippen molar-refractivity contribution in [3.63, 3.8) is 0 Å². The molecule has 0 spiro atoms. The molecule has 1 atom stereocenters. The van der Waals surface area contributed by atoms with E-state index >= 15 is 0 Å². The van der Waals surface area contributed by atoms with Crippen LogP contribution in [0.25, 0.3) is 27.9 Å². The Labute approximate surface area is 208 Å². The van der Waals surface area contributed by atoms with Crippen LogP contribution in [0.15, 0.2) is 67.1 Å². The van der Waals surface area contributed by atoms with Crippen molar-refractivity contribution in [3.8, 4) is 11.4 Å². The summed E-state index contributed by atoms with van der Waals surface area (Å²) in [5.74, 6) is -0.292. The number of hydrogen-bond acceptors (Lipinski definition) is 4. The maximum atomic E-state index is 14.1. The lowest BCUT2D eigenvalue weighted by Crippen LogP contribution is -2.45. The lowest BCUT2D eigenvalue weighted by atomic mass is 10.1. The van der Waals surface area contributed by atoms with Gasteiger partial charge in [-0.15, -0.1) is 0 Å². The third-order valence-electron chi connectivity index (χ3n) is 7.05. The minimum Gasteiger partial charge on any atom is -0.337 e. The molecule has 7 nitrogen and oxygen atoms in total. The lowest BCUT2D eigenvalue weighted by Gasteiger charge is -2.30. The van der Waals surface area contributed by atoms with Gasteiger partial charge in [0.2, 0.25) is 0 Å². The first-order valence-electron chi connectivity index (χ1n) is 12.2. The number of amides is 1. The van der Waals surface area contributed by atoms with E-state index in [0.29, 0.717) is 24.3 Å². The minimum atomic E-state index is -0.276. The number of hydrogen-bond donors (Lipinski definition) is 1. The van der Waals surface area contributed by atoms with E-state index in [2.05, 4.69) is 9.55 Å². The van der Waals surface area contributed by atoms with E-state index in [1.807, 2.05) is 52.8 Å². The van der Waals surface area contributed by atoms with Crippen LogP contribution < -0.4 is 5.73 Å². The summed E-state index contributed by atoms with van der Waals surface area (Å²) in [5.41, 5.74) is 12.0. The van der Waals surface area contributed by atoms with Crippen molar-refractivity contribution in [3.05, 3.63) is 89.8 Å². The summed E-state index contributed by atoms with van der Waals surface area (Å²) >= 11 is 0. The normalized spacial score (nSPS) is 16.2. The van der Waals surface area contributed by atoms with Gasteiger partial charge in [-0.2, -0.15) is 0 Å². The molecule has 6 rings (SSSR count). The number of fused-ring (bicyclic) bond motifs is 2. The number of nitrogens with zero attached hydrogens (tertiary/aromatic N) is 5. The number of piperidine rings is 1. The Bertz CT molecular complexity index is 1590. The largest absolute Gasteiger partial charge is 0.337 e. The lowest BCUT2D eigenvalue weighted by molar-refractivity contribution is 0.0709. The number of carbonyl (C=O) groups is 1. The van der Waals surface area contributed by atoms with Gasteiger partial charge in [-0.25, -0.2) is 9.37 Å². The van der Waals surface area contributed by atoms with Crippen molar-refractivity contribution in [1.82, 2.24) is 23.8 Å². The van der Waals surface area contributed by atoms with Crippen LogP contribution in [-0.2, 0) is 6.54 Å². The van der Waals surface area contributed by atoms with Crippen LogP contribution in [0.1, 0.15) is 34.5 Å². The van der Waals surface area contributed by atoms with Gasteiger partial charge in [-0.3, -0.25) is 9.78 Å². The average Bonchev–Trinajstić information content (AvgIpc) is 3.40. The molecular formula is C28H27FN6O. The van der Waals surface area contributed by atoms with Gasteiger partial charge in [0.05, 0.1) is 5.69 Å². The number of aromatic nitrogens is 4. The third-order valence-corrected chi connectivity index (χ3v) is 7.05. The number of likely N-dealkylation sites (tertiary alicyclic amines) is 1. The van der Waals surface area contributed by atoms with Crippen molar-refractivity contribution in [2.75, 3.05) is 13.1 Å². The molecule has 4 aromatic heterocycles. The van der Waals surface area contributed by atoms with E-state index in [4.69, 9.17) is 10.7 Å². The van der Waals surface area contributed by atoms with Crippen LogP contribution in [0.5, 0.6) is 0 Å². The molecule has 0 aliphatic carbocycles. The number of imidazole rings is 1. The van der Waals surface area contributed by atoms with Crippen LogP contribution in [-0.4, -0.2) is 48.9 Å². The van der Waals surface area contributed by atoms with Gasteiger partial charge in [-0.05, 0) is 73.9 Å². The Balaban J connectivity index is 1.44. The maximum Gasteiger partial charge on any atom is 0.254 e. The highest BCUT2D eigenvalue weighted by atomic mass is 19.1. The van der Waals surface area contributed by atoms with Crippen LogP contribution in [0.4, 0.5) is 4.39 Å². The number of carbonyl (C=O) groups excluding carboxylic acids is 1. The molecule has 0 bridgehead atoms. The molecule has 5 aromatic rings. The first-order chi connectivity index (χ1) is 17.5. The Morgan fingerprint density at radius 3 is 2.78 bits per heavy atom. The smallest absolute Gasteiger partial charge is 0.254 e. The monoisotopic (exact) mass is 482 g/mol. The van der Waals surface area contributed by atoms with E-state index < -0.39 is 0 Å². The van der Waals surface area contributed by atoms with E-state index in [-0.39, 0.29) is 17.8 Å². The molecule has 1 aliphatic heterocycles. The number of rotatable bonds is 4. The van der Waals surface area contributed by atoms with Crippen molar-refractivity contribution in [1.29, 1.82) is 0 Å². The average molecular weight is 483 g/mol. The summed E-state index contributed by atoms with van der Waals surface area (Å²) in [7, 11) is 0. The molecule has 182 valence electrons. The van der Waals surface area contributed by atoms with E-state index in [0.717, 1.165) is 52.9 Å². The third kappa shape index (κ3) is 3.93. The zero-order valence-electron chi connectivity index (χ0n) is 20.1. The van der Waals surface area contributed by atoms with Crippen LogP contribution in [0, 0.1) is 12.7 Å². The van der Waals surface area contributed by atoms with Gasteiger partial charge >= 0.3 is 0 Å². The first-order valence-corrected chi connectivity index (χ1v) is 12.2. The summed E-state index contributed by atoms with van der Waals surface area (Å²) in [6, 6.07) is 14.5. The molecule has 36 heavy (non-hydrogen) atoms. The highest BCUT2D eigenvalue weighted by Gasteiger charge is 2.24. The Hall–Kier alpha value is -4.04. The second-order valence-corrected chi connectivity index (χ2v) is 9.52. The summed E-state index contributed by atoms with van der Waals surface area (Å²) in [6.07, 6.45) is 7.30. The number of benzene rings is 1. The highest BCUT2D eigenvalue weighted by molar-refractivity contribution is 5.95. The molecule has 1 aliphatic rings. The molecule has 8 heteroatoms. The van der Waals surface area contributed by atoms with Crippen LogP contribution in [0.3, 0.4) is 0 Å². The molecule has 2 N–H and O–H groups in total. The molecule has 5 heterocycles. The molecule has 0 unspecified atom stereocenters. The van der Waals surface area contributed by atoms with E-state index in [9.17, 15) is 9.18 Å². The molecule has 0 saturated carbocycles. The summed E-state index contributed by atoms with van der Waals surface area (Å²) in [5, 5.41) is 0.813. The molecule has 1 saturated heterocycles. The number of halogens is 1. The summed E-state index contributed by atoms with van der Waals surface area (Å²) < 4.78 is 18.2. The van der Waals surface area contributed by atoms with Gasteiger partial charge in [0.15, 0.2) is 0 Å². The first kappa shape index (κ1) is 22.4. The SMILES string of the molecule is Cc1c(-c2cc3cc(F)ccc3n2Cc2ccncc2)nc2cc(C(=O)N3CCC[C@@H](N)C3)ccn12. The van der Waals surface area contributed by atoms with E-state index in [1.165, 1.54) is 6.07 Å². The van der Waals surface area contributed by atoms with Crippen LogP contribution >= 0.6 is 0 Å². The number of nitrogens with two attached hydrogens (primary N) is 1. The molecule has 0 radical (unpaired) electrons. The quantitative estimate of drug-likeness (QED) is 0.411. The predicted molar refractivity (Wildman–Crippen MR) is 137 cm³/mol. The Morgan fingerprint density at radius 2 is 1.97 bits per heavy atom. The van der Waals surface area contributed by atoms with Gasteiger partial charge in [0, 0.05) is 66.4 Å². The molecular weight excluding hydrogens is 455 g/mol. The van der Waals surface area contributed by atoms with Crippen molar-refractivity contribution in [2.45, 2.75) is 32.4 Å². The predicted octanol–water partition coefficient (Wildman–Crippen LogP) is 4.41. The number of aryl methyl sites for hydroxylation is 1. The topological polar surface area (TPSA) is 81.5 Å². The summed E-state index contributed by atoms with van der Waals surface area (Å²) in [4.78, 5) is 24.0. The standard InChI is InChI=1S/C28H27FN6O/c1-18-27(32-26-15-20(8-12-34(18)26)28(36)33-11-2-3-23(30)17-33)25-14-21-13-22(29)4-5-24(21)35(25)16-19-6-9-31-10-7-19/h4-10,12-15,23H,2-3,11,16-17,30H2,1H3/t23-/m1/s1. The van der Waals surface area contributed by atoms with Crippen LogP contribution in [0.2, 0.25) is 0 Å². The Kier molecular flexibility index (Phi) is 5.53. The van der Waals surface area contributed by atoms with Gasteiger partial charge in [-0.1, -0.05) is 0 Å². The second kappa shape index (κ2) is 8.87. The molecule has 1 amide bonds. The maximum absolute atomic E-state index is 14.1. The molecule has 1 fully saturated rings. The highest BCUT2D eigenvalue weighted by Crippen LogP contribution is 2.32. The fourth-order valence-electron chi connectivity index (χ4n) is 5.20. The number of pyridine rings is 2. The van der Waals surface area contributed by atoms with Gasteiger partial charge in [0.25, 0.3) is 5.91 Å². The zero-order valence-corrected chi connectivity index (χ0v) is 20.1. The fourth-order valence-corrected chi connectivity index (χ4v) is 5.20. The van der Waals surface area contributed by atoms with Gasteiger partial charge in [0.1, 0.15) is 17.2 Å². The fraction of sp³-hybridized carbons (Fsp3) is 0.250. The minimum absolute atomic E-state index is 0.0165. The van der Waals surface area contributed by atoms with Crippen molar-refractivity contribution >= 4 is 22.5 Å². The summed E-state index contributed by atoms with van der Waals surface area (Å²) in [6.45, 7) is 3.91. The van der Waals surface area contributed by atoms with Crippen molar-refractivity contribution in [2.24, 2.45) is 5.73 Å². The Morgan fingerprint density at radius 1 is 1.14 bits per heavy atom. The van der Waals surface area contributed by atoms with Gasteiger partial charge < -0.3 is 19.6 Å². The van der Waals surface area contributed by atoms with E-state index in [1.54, 1.807) is 24.5 Å². The van der Waals surface area contributed by atoms with Crippen molar-refractivity contribution < 1.29 is 9.18 Å².